The van der Waals surface area contributed by atoms with Crippen LogP contribution in [0.3, 0.4) is 0 Å². The Morgan fingerprint density at radius 3 is 2.06 bits per heavy atom. The van der Waals surface area contributed by atoms with Crippen LogP contribution in [0.25, 0.3) is 0 Å². The molecule has 1 aliphatic carbocycles. The Labute approximate surface area is 293 Å². The van der Waals surface area contributed by atoms with Gasteiger partial charge in [0.15, 0.2) is 0 Å². The molecule has 1 aliphatic heterocycles. The van der Waals surface area contributed by atoms with Crippen LogP contribution in [0.4, 0.5) is 5.69 Å². The highest BCUT2D eigenvalue weighted by molar-refractivity contribution is 6.48. The minimum absolute atomic E-state index is 0.0119. The first-order chi connectivity index (χ1) is 22.8. The Kier molecular flexibility index (Phi) is 12.0. The van der Waals surface area contributed by atoms with Crippen molar-refractivity contribution >= 4 is 20.6 Å². The van der Waals surface area contributed by atoms with E-state index < -0.39 is 9.04 Å². The van der Waals surface area contributed by atoms with E-state index in [2.05, 4.69) is 90.3 Å². The summed E-state index contributed by atoms with van der Waals surface area (Å²) in [6.07, 6.45) is 12.3. The summed E-state index contributed by atoms with van der Waals surface area (Å²) < 4.78 is 13.0. The molecule has 259 valence electrons. The lowest BCUT2D eigenvalue weighted by molar-refractivity contribution is -0.116. The average Bonchev–Trinajstić information content (AvgIpc) is 3.03. The highest BCUT2D eigenvalue weighted by Crippen LogP contribution is 2.46. The number of hydrogen-bond donors (Lipinski definition) is 1. The minimum atomic E-state index is -0.939. The summed E-state index contributed by atoms with van der Waals surface area (Å²) in [7, 11) is -0.939. The fourth-order valence-corrected chi connectivity index (χ4v) is 8.81. The number of fused-ring (bicyclic) bond motifs is 2. The van der Waals surface area contributed by atoms with E-state index in [-0.39, 0.29) is 28.8 Å². The van der Waals surface area contributed by atoms with Gasteiger partial charge in [-0.1, -0.05) is 129 Å². The zero-order chi connectivity index (χ0) is 34.5. The predicted octanol–water partition coefficient (Wildman–Crippen LogP) is 12.4. The maximum Gasteiger partial charge on any atom is 0.225 e. The number of ether oxygens (including phenoxy) is 1. The molecule has 0 bridgehead atoms. The molecule has 1 fully saturated rings. The van der Waals surface area contributed by atoms with Crippen molar-refractivity contribution in [1.29, 1.82) is 0 Å². The van der Waals surface area contributed by atoms with E-state index in [0.717, 1.165) is 52.6 Å². The van der Waals surface area contributed by atoms with E-state index in [0.29, 0.717) is 12.3 Å². The van der Waals surface area contributed by atoms with Gasteiger partial charge in [0, 0.05) is 29.2 Å². The first kappa shape index (κ1) is 36.4. The summed E-state index contributed by atoms with van der Waals surface area (Å²) in [5.74, 6) is 3.17. The van der Waals surface area contributed by atoms with Gasteiger partial charge in [-0.25, -0.2) is 0 Å². The minimum Gasteiger partial charge on any atom is -0.457 e. The molecule has 2 aliphatic rings. The first-order valence-electron chi connectivity index (χ1n) is 18.6. The normalized spacial score (nSPS) is 16.9. The largest absolute Gasteiger partial charge is 0.457 e. The summed E-state index contributed by atoms with van der Waals surface area (Å²) in [5, 5.41) is 3.39. The van der Waals surface area contributed by atoms with Crippen LogP contribution in [0.15, 0.2) is 66.7 Å². The van der Waals surface area contributed by atoms with Crippen molar-refractivity contribution in [3.63, 3.8) is 0 Å². The Bertz CT molecular complexity index is 1470. The number of amides is 1. The number of nitrogens with one attached hydrogen (secondary N) is 1. The van der Waals surface area contributed by atoms with Gasteiger partial charge in [0.2, 0.25) is 14.9 Å². The third-order valence-electron chi connectivity index (χ3n) is 10.7. The molecule has 48 heavy (non-hydrogen) atoms. The molecule has 5 heteroatoms. The van der Waals surface area contributed by atoms with E-state index in [4.69, 9.17) is 9.16 Å². The zero-order valence-electron chi connectivity index (χ0n) is 31.0. The number of benzene rings is 3. The second kappa shape index (κ2) is 15.8. The topological polar surface area (TPSA) is 47.6 Å². The first-order valence-corrected chi connectivity index (χ1v) is 21.0. The highest BCUT2D eigenvalue weighted by Gasteiger charge is 2.31. The summed E-state index contributed by atoms with van der Waals surface area (Å²) in [6.45, 7) is 18.4. The molecular formula is C43H60NO3Si. The number of para-hydroxylation sites is 2. The van der Waals surface area contributed by atoms with Crippen LogP contribution < -0.4 is 10.1 Å². The van der Waals surface area contributed by atoms with Gasteiger partial charge in [-0.2, -0.15) is 0 Å². The zero-order valence-corrected chi connectivity index (χ0v) is 32.0. The molecule has 1 amide bonds. The maximum absolute atomic E-state index is 14.0. The third kappa shape index (κ3) is 9.41. The Morgan fingerprint density at radius 1 is 0.854 bits per heavy atom. The number of carbonyl (C=O) groups is 1. The molecule has 1 N–H and O–H groups in total. The highest BCUT2D eigenvalue weighted by atomic mass is 28.3. The van der Waals surface area contributed by atoms with Crippen molar-refractivity contribution in [2.24, 2.45) is 17.3 Å². The molecule has 2 atom stereocenters. The van der Waals surface area contributed by atoms with E-state index in [1.807, 2.05) is 36.4 Å². The Morgan fingerprint density at radius 2 is 1.48 bits per heavy atom. The fourth-order valence-electron chi connectivity index (χ4n) is 7.99. The van der Waals surface area contributed by atoms with Gasteiger partial charge in [0.25, 0.3) is 0 Å². The number of hydrogen-bond acceptors (Lipinski definition) is 3. The summed E-state index contributed by atoms with van der Waals surface area (Å²) in [6, 6.07) is 22.9. The van der Waals surface area contributed by atoms with Crippen molar-refractivity contribution in [3.8, 4) is 11.5 Å². The lowest BCUT2D eigenvalue weighted by atomic mass is 9.73. The van der Waals surface area contributed by atoms with Gasteiger partial charge in [-0.3, -0.25) is 4.79 Å². The van der Waals surface area contributed by atoms with Crippen molar-refractivity contribution < 1.29 is 14.0 Å². The van der Waals surface area contributed by atoms with Gasteiger partial charge >= 0.3 is 0 Å². The molecule has 2 unspecified atom stereocenters. The predicted molar refractivity (Wildman–Crippen MR) is 202 cm³/mol. The monoisotopic (exact) mass is 666 g/mol. The molecular weight excluding hydrogens is 607 g/mol. The van der Waals surface area contributed by atoms with Crippen LogP contribution >= 0.6 is 0 Å². The van der Waals surface area contributed by atoms with E-state index in [9.17, 15) is 4.79 Å². The molecule has 1 heterocycles. The van der Waals surface area contributed by atoms with Crippen LogP contribution in [0, 0.1) is 17.3 Å². The lowest BCUT2D eigenvalue weighted by Gasteiger charge is -2.34. The molecule has 0 aromatic heterocycles. The van der Waals surface area contributed by atoms with Gasteiger partial charge in [-0.05, 0) is 84.3 Å². The summed E-state index contributed by atoms with van der Waals surface area (Å²) >= 11 is 0. The molecule has 3 aromatic rings. The van der Waals surface area contributed by atoms with Crippen LogP contribution in [0.2, 0.25) is 13.1 Å². The van der Waals surface area contributed by atoms with Gasteiger partial charge in [0.05, 0.1) is 6.10 Å². The van der Waals surface area contributed by atoms with Crippen LogP contribution in [0.1, 0.15) is 140 Å². The quantitative estimate of drug-likeness (QED) is 0.196. The molecule has 0 spiro atoms. The van der Waals surface area contributed by atoms with Crippen molar-refractivity contribution in [2.75, 3.05) is 5.32 Å². The standard InChI is InChI=1S/C43H60NO3Si/c1-42(2,3)32(24-22-30-16-10-9-11-17-30)25-27-38(47-48(7)8)31-23-26-36(43(4,5)6)37(28-31)44-41(45)29-35-33-18-12-14-20-39(33)46-40-21-15-13-19-34(35)40/h12-15,18-21,23,26,28,30,32,35,38H,9-11,16-17,22,24-25,27,29H2,1-8H3,(H,44,45). The molecule has 3 aromatic carbocycles. The smallest absolute Gasteiger partial charge is 0.225 e. The van der Waals surface area contributed by atoms with E-state index in [1.54, 1.807) is 0 Å². The molecule has 5 rings (SSSR count). The number of rotatable bonds is 12. The van der Waals surface area contributed by atoms with E-state index in [1.165, 1.54) is 50.5 Å². The molecule has 0 saturated heterocycles. The fraction of sp³-hybridized carbons (Fsp3) is 0.558. The van der Waals surface area contributed by atoms with Gasteiger partial charge < -0.3 is 14.5 Å². The Hall–Kier alpha value is -2.89. The van der Waals surface area contributed by atoms with Crippen LogP contribution in [-0.4, -0.2) is 14.9 Å². The van der Waals surface area contributed by atoms with Crippen molar-refractivity contribution in [2.45, 2.75) is 136 Å². The molecule has 1 saturated carbocycles. The number of anilines is 1. The van der Waals surface area contributed by atoms with Crippen LogP contribution in [-0.2, 0) is 14.6 Å². The second-order valence-corrected chi connectivity index (χ2v) is 18.8. The summed E-state index contributed by atoms with van der Waals surface area (Å²) in [4.78, 5) is 14.0. The Balaban J connectivity index is 1.36. The third-order valence-corrected chi connectivity index (χ3v) is 11.5. The van der Waals surface area contributed by atoms with Crippen LogP contribution in [0.5, 0.6) is 11.5 Å². The maximum atomic E-state index is 14.0. The van der Waals surface area contributed by atoms with Gasteiger partial charge in [-0.15, -0.1) is 0 Å². The lowest BCUT2D eigenvalue weighted by Crippen LogP contribution is -2.24. The van der Waals surface area contributed by atoms with Crippen molar-refractivity contribution in [3.05, 3.63) is 89.0 Å². The average molecular weight is 667 g/mol. The van der Waals surface area contributed by atoms with Gasteiger partial charge in [0.1, 0.15) is 11.5 Å². The van der Waals surface area contributed by atoms with E-state index >= 15 is 0 Å². The summed E-state index contributed by atoms with van der Waals surface area (Å²) in [5.41, 5.74) is 5.47. The molecule has 4 nitrogen and oxygen atoms in total. The van der Waals surface area contributed by atoms with Crippen molar-refractivity contribution in [1.82, 2.24) is 0 Å². The number of carbonyl (C=O) groups excluding carboxylic acids is 1. The SMILES string of the molecule is C[Si](C)OC(CCC(CCC1CCCCC1)C(C)(C)C)c1ccc(C(C)(C)C)c(NC(=O)CC2c3ccccc3Oc3ccccc32)c1. The molecule has 1 radical (unpaired) electrons. The second-order valence-electron chi connectivity index (χ2n) is 16.8.